The lowest BCUT2D eigenvalue weighted by Crippen LogP contribution is -2.24. The van der Waals surface area contributed by atoms with Crippen LogP contribution in [-0.2, 0) is 9.53 Å². The van der Waals surface area contributed by atoms with Crippen molar-refractivity contribution in [1.82, 2.24) is 0 Å². The summed E-state index contributed by atoms with van der Waals surface area (Å²) in [5, 5.41) is 0. The molecule has 3 nitrogen and oxygen atoms in total. The Kier molecular flexibility index (Phi) is 2.91. The van der Waals surface area contributed by atoms with Crippen molar-refractivity contribution in [1.29, 1.82) is 0 Å². The number of hydrogen-bond acceptors (Lipinski definition) is 3. The Morgan fingerprint density at radius 1 is 1.18 bits per heavy atom. The van der Waals surface area contributed by atoms with Crippen LogP contribution in [0.5, 0.6) is 0 Å². The summed E-state index contributed by atoms with van der Waals surface area (Å²) in [6.07, 6.45) is 2.19. The van der Waals surface area contributed by atoms with Gasteiger partial charge in [0.25, 0.3) is 5.78 Å². The normalized spacial score (nSPS) is 14.6. The average Bonchev–Trinajstić information content (AvgIpc) is 2.36. The molecule has 86 valence electrons. The standard InChI is InChI=1S/C14H12O3/c1-3-6-11-9-7-4-5-8-10(9)12(15)13(16)14(11)17-2/h3-5,7-8H,1,6H2,2H3. The molecule has 1 aliphatic rings. The van der Waals surface area contributed by atoms with E-state index in [1.165, 1.54) is 7.11 Å². The predicted molar refractivity (Wildman–Crippen MR) is 64.5 cm³/mol. The van der Waals surface area contributed by atoms with Crippen molar-refractivity contribution < 1.29 is 14.3 Å². The lowest BCUT2D eigenvalue weighted by Gasteiger charge is -2.19. The van der Waals surface area contributed by atoms with Crippen molar-refractivity contribution in [3.63, 3.8) is 0 Å². The van der Waals surface area contributed by atoms with Crippen molar-refractivity contribution in [2.24, 2.45) is 0 Å². The summed E-state index contributed by atoms with van der Waals surface area (Å²) in [6, 6.07) is 7.05. The largest absolute Gasteiger partial charge is 0.492 e. The summed E-state index contributed by atoms with van der Waals surface area (Å²) in [4.78, 5) is 23.7. The molecule has 0 bridgehead atoms. The number of hydrogen-bond donors (Lipinski definition) is 0. The lowest BCUT2D eigenvalue weighted by atomic mass is 9.86. The van der Waals surface area contributed by atoms with Crippen LogP contribution >= 0.6 is 0 Å². The van der Waals surface area contributed by atoms with Gasteiger partial charge < -0.3 is 4.74 Å². The number of carbonyl (C=O) groups is 2. The van der Waals surface area contributed by atoms with Crippen LogP contribution in [0.25, 0.3) is 5.57 Å². The van der Waals surface area contributed by atoms with E-state index < -0.39 is 11.6 Å². The van der Waals surface area contributed by atoms with Crippen molar-refractivity contribution in [3.8, 4) is 0 Å². The van der Waals surface area contributed by atoms with Crippen LogP contribution in [0.15, 0.2) is 42.7 Å². The summed E-state index contributed by atoms with van der Waals surface area (Å²) < 4.78 is 5.06. The minimum Gasteiger partial charge on any atom is -0.492 e. The third-order valence-electron chi connectivity index (χ3n) is 2.74. The number of allylic oxidation sites excluding steroid dienone is 3. The minimum absolute atomic E-state index is 0.133. The number of methoxy groups -OCH3 is 1. The highest BCUT2D eigenvalue weighted by molar-refractivity contribution is 6.51. The van der Waals surface area contributed by atoms with Crippen LogP contribution in [0.1, 0.15) is 22.3 Å². The Morgan fingerprint density at radius 2 is 1.82 bits per heavy atom. The number of ether oxygens (including phenoxy) is 1. The molecule has 0 aliphatic heterocycles. The van der Waals surface area contributed by atoms with Gasteiger partial charge in [-0.25, -0.2) is 0 Å². The Bertz CT molecular complexity index is 538. The predicted octanol–water partition coefficient (Wildman–Crippen LogP) is 2.39. The Hall–Kier alpha value is -2.16. The zero-order valence-corrected chi connectivity index (χ0v) is 9.53. The molecule has 1 aromatic carbocycles. The first kappa shape index (κ1) is 11.3. The molecule has 0 aromatic heterocycles. The Labute approximate surface area is 99.4 Å². The maximum atomic E-state index is 11.8. The van der Waals surface area contributed by atoms with Crippen molar-refractivity contribution >= 4 is 17.1 Å². The van der Waals surface area contributed by atoms with Crippen molar-refractivity contribution in [2.75, 3.05) is 7.11 Å². The minimum atomic E-state index is -0.581. The Morgan fingerprint density at radius 3 is 2.41 bits per heavy atom. The quantitative estimate of drug-likeness (QED) is 0.589. The van der Waals surface area contributed by atoms with Gasteiger partial charge in [-0.2, -0.15) is 0 Å². The lowest BCUT2D eigenvalue weighted by molar-refractivity contribution is -0.114. The van der Waals surface area contributed by atoms with Crippen LogP contribution in [0, 0.1) is 0 Å². The second-order valence-electron chi connectivity index (χ2n) is 3.71. The molecule has 17 heavy (non-hydrogen) atoms. The molecule has 0 atom stereocenters. The van der Waals surface area contributed by atoms with Gasteiger partial charge in [0.15, 0.2) is 5.76 Å². The maximum Gasteiger partial charge on any atom is 0.268 e. The van der Waals surface area contributed by atoms with Crippen LogP contribution in [0.3, 0.4) is 0 Å². The zero-order valence-electron chi connectivity index (χ0n) is 9.53. The van der Waals surface area contributed by atoms with E-state index in [-0.39, 0.29) is 5.76 Å². The van der Waals surface area contributed by atoms with E-state index in [9.17, 15) is 9.59 Å². The average molecular weight is 228 g/mol. The summed E-state index contributed by atoms with van der Waals surface area (Å²) >= 11 is 0. The molecule has 0 amide bonds. The molecule has 0 heterocycles. The molecule has 0 radical (unpaired) electrons. The van der Waals surface area contributed by atoms with Crippen LogP contribution < -0.4 is 0 Å². The van der Waals surface area contributed by atoms with Gasteiger partial charge in [-0.1, -0.05) is 30.3 Å². The van der Waals surface area contributed by atoms with Crippen molar-refractivity contribution in [3.05, 3.63) is 53.8 Å². The van der Waals surface area contributed by atoms with Crippen LogP contribution in [0.4, 0.5) is 0 Å². The molecule has 2 rings (SSSR count). The molecule has 0 saturated heterocycles. The number of carbonyl (C=O) groups excluding carboxylic acids is 2. The molecule has 0 N–H and O–H groups in total. The van der Waals surface area contributed by atoms with Gasteiger partial charge in [-0.05, 0) is 12.0 Å². The van der Waals surface area contributed by atoms with E-state index in [1.54, 1.807) is 18.2 Å². The number of benzene rings is 1. The first-order valence-electron chi connectivity index (χ1n) is 5.27. The number of fused-ring (bicyclic) bond motifs is 1. The maximum absolute atomic E-state index is 11.8. The van der Waals surface area contributed by atoms with Gasteiger partial charge in [0, 0.05) is 11.1 Å². The molecule has 3 heteroatoms. The van der Waals surface area contributed by atoms with E-state index in [4.69, 9.17) is 4.74 Å². The molecule has 1 aromatic rings. The number of Topliss-reactive ketones (excluding diaryl/α,β-unsaturated/α-hetero) is 2. The zero-order chi connectivity index (χ0) is 12.4. The summed E-state index contributed by atoms with van der Waals surface area (Å²) in [5.41, 5.74) is 1.92. The van der Waals surface area contributed by atoms with E-state index in [1.807, 2.05) is 12.1 Å². The molecule has 0 fully saturated rings. The molecular weight excluding hydrogens is 216 g/mol. The second-order valence-corrected chi connectivity index (χ2v) is 3.71. The second kappa shape index (κ2) is 4.37. The highest BCUT2D eigenvalue weighted by atomic mass is 16.5. The van der Waals surface area contributed by atoms with Crippen molar-refractivity contribution in [2.45, 2.75) is 6.42 Å². The fraction of sp³-hybridized carbons (Fsp3) is 0.143. The third kappa shape index (κ3) is 1.69. The monoisotopic (exact) mass is 228 g/mol. The molecular formula is C14H12O3. The fourth-order valence-electron chi connectivity index (χ4n) is 1.99. The van der Waals surface area contributed by atoms with E-state index >= 15 is 0 Å². The van der Waals surface area contributed by atoms with Gasteiger partial charge in [0.2, 0.25) is 5.78 Å². The highest BCUT2D eigenvalue weighted by Gasteiger charge is 2.32. The fourth-order valence-corrected chi connectivity index (χ4v) is 1.99. The first-order chi connectivity index (χ1) is 8.20. The van der Waals surface area contributed by atoms with E-state index in [0.717, 1.165) is 11.1 Å². The molecule has 0 saturated carbocycles. The molecule has 0 unspecified atom stereocenters. The summed E-state index contributed by atoms with van der Waals surface area (Å²) in [7, 11) is 1.40. The van der Waals surface area contributed by atoms with E-state index in [0.29, 0.717) is 12.0 Å². The van der Waals surface area contributed by atoms with E-state index in [2.05, 4.69) is 6.58 Å². The third-order valence-corrected chi connectivity index (χ3v) is 2.74. The number of ketones is 2. The number of rotatable bonds is 3. The topological polar surface area (TPSA) is 43.4 Å². The van der Waals surface area contributed by atoms with Crippen LogP contribution in [-0.4, -0.2) is 18.7 Å². The van der Waals surface area contributed by atoms with Gasteiger partial charge >= 0.3 is 0 Å². The smallest absolute Gasteiger partial charge is 0.268 e. The van der Waals surface area contributed by atoms with Gasteiger partial charge in [-0.15, -0.1) is 6.58 Å². The summed E-state index contributed by atoms with van der Waals surface area (Å²) in [6.45, 7) is 3.65. The van der Waals surface area contributed by atoms with Gasteiger partial charge in [0.05, 0.1) is 7.11 Å². The van der Waals surface area contributed by atoms with Gasteiger partial charge in [0.1, 0.15) is 0 Å². The van der Waals surface area contributed by atoms with Gasteiger partial charge in [-0.3, -0.25) is 9.59 Å². The Balaban J connectivity index is 2.71. The molecule has 0 spiro atoms. The molecule has 1 aliphatic carbocycles. The highest BCUT2D eigenvalue weighted by Crippen LogP contribution is 2.32. The first-order valence-corrected chi connectivity index (χ1v) is 5.27. The summed E-state index contributed by atoms with van der Waals surface area (Å²) in [5.74, 6) is -0.957. The van der Waals surface area contributed by atoms with Crippen LogP contribution in [0.2, 0.25) is 0 Å². The SMILES string of the molecule is C=CCC1=C(OC)C(=O)C(=O)c2ccccc21.